The summed E-state index contributed by atoms with van der Waals surface area (Å²) in [6.07, 6.45) is -3.65. The Morgan fingerprint density at radius 1 is 1.11 bits per heavy atom. The van der Waals surface area contributed by atoms with Crippen LogP contribution in [0.5, 0.6) is 0 Å². The first-order valence-electron chi connectivity index (χ1n) is 10.9. The molecule has 1 aliphatic rings. The van der Waals surface area contributed by atoms with E-state index in [1.165, 1.54) is 24.1 Å². The Labute approximate surface area is 203 Å². The molecule has 2 aromatic heterocycles. The van der Waals surface area contributed by atoms with Crippen molar-refractivity contribution in [2.45, 2.75) is 38.9 Å². The van der Waals surface area contributed by atoms with Crippen molar-refractivity contribution in [1.29, 1.82) is 0 Å². The highest BCUT2D eigenvalue weighted by Gasteiger charge is 2.41. The van der Waals surface area contributed by atoms with Crippen molar-refractivity contribution in [3.8, 4) is 11.3 Å². The van der Waals surface area contributed by atoms with E-state index in [4.69, 9.17) is 5.73 Å². The average molecular weight is 509 g/mol. The number of carbonyl (C=O) groups is 1. The number of benzene rings is 1. The molecule has 7 nitrogen and oxygen atoms in total. The number of aromatic nitrogens is 3. The maximum Gasteiger partial charge on any atom is 0.435 e. The summed E-state index contributed by atoms with van der Waals surface area (Å²) in [4.78, 5) is 19.1. The lowest BCUT2D eigenvalue weighted by atomic mass is 10.0. The normalized spacial score (nSPS) is 14.9. The number of halogens is 4. The highest BCUT2D eigenvalue weighted by atomic mass is 32.1. The van der Waals surface area contributed by atoms with E-state index in [0.717, 1.165) is 22.5 Å². The molecule has 0 atom stereocenters. The maximum atomic E-state index is 13.3. The van der Waals surface area contributed by atoms with Gasteiger partial charge in [-0.3, -0.25) is 4.79 Å². The van der Waals surface area contributed by atoms with Crippen molar-refractivity contribution in [3.05, 3.63) is 51.8 Å². The van der Waals surface area contributed by atoms with Crippen molar-refractivity contribution in [1.82, 2.24) is 20.1 Å². The van der Waals surface area contributed by atoms with Gasteiger partial charge in [0.1, 0.15) is 10.7 Å². The van der Waals surface area contributed by atoms with E-state index in [-0.39, 0.29) is 17.0 Å². The van der Waals surface area contributed by atoms with Crippen LogP contribution in [0.3, 0.4) is 0 Å². The smallest absolute Gasteiger partial charge is 0.375 e. The van der Waals surface area contributed by atoms with Crippen molar-refractivity contribution >= 4 is 28.2 Å². The van der Waals surface area contributed by atoms with Crippen LogP contribution in [0.4, 0.5) is 28.5 Å². The molecule has 1 aliphatic heterocycles. The van der Waals surface area contributed by atoms with Crippen LogP contribution in [0, 0.1) is 19.7 Å². The number of nitrogens with two attached hydrogens (primary N) is 1. The van der Waals surface area contributed by atoms with Gasteiger partial charge < -0.3 is 15.5 Å². The van der Waals surface area contributed by atoms with Gasteiger partial charge in [0, 0.05) is 31.7 Å². The molecule has 3 aromatic rings. The predicted molar refractivity (Wildman–Crippen MR) is 126 cm³/mol. The number of hydrogen-bond donors (Lipinski definition) is 1. The van der Waals surface area contributed by atoms with Crippen molar-refractivity contribution in [2.24, 2.45) is 0 Å². The molecule has 1 amide bonds. The fourth-order valence-electron chi connectivity index (χ4n) is 4.24. The summed E-state index contributed by atoms with van der Waals surface area (Å²) in [6, 6.07) is 5.83. The number of carbonyl (C=O) groups excluding carboxylic acids is 1. The molecule has 12 heteroatoms. The number of anilines is 2. The highest BCUT2D eigenvalue weighted by molar-refractivity contribution is 7.17. The van der Waals surface area contributed by atoms with Gasteiger partial charge in [-0.05, 0) is 62.1 Å². The van der Waals surface area contributed by atoms with Crippen LogP contribution in [0.25, 0.3) is 11.3 Å². The maximum absolute atomic E-state index is 13.3. The Morgan fingerprint density at radius 3 is 2.34 bits per heavy atom. The number of amides is 1. The van der Waals surface area contributed by atoms with E-state index < -0.39 is 22.7 Å². The van der Waals surface area contributed by atoms with E-state index in [1.807, 2.05) is 13.8 Å². The number of nitrogen functional groups attached to an aromatic ring is 1. The van der Waals surface area contributed by atoms with E-state index >= 15 is 0 Å². The van der Waals surface area contributed by atoms with E-state index in [9.17, 15) is 22.4 Å². The van der Waals surface area contributed by atoms with Crippen LogP contribution < -0.4 is 10.6 Å². The standard InChI is InChI=1S/C23H24F4N6OS/c1-12-13(2)20(31-30-17(12)14-4-6-15(24)7-5-14)33-10-8-16(9-11-33)32(3)21(34)18-19(23(25,26)27)29-22(28)35-18/h4-7,16H,8-11H2,1-3H3,(H2,28,29). The SMILES string of the molecule is Cc1c(-c2ccc(F)cc2)nnc(N2CCC(N(C)C(=O)c3sc(N)nc3C(F)(F)F)CC2)c1C. The second kappa shape index (κ2) is 9.40. The molecule has 186 valence electrons. The van der Waals surface area contributed by atoms with Crippen molar-refractivity contribution in [3.63, 3.8) is 0 Å². The number of alkyl halides is 3. The Kier molecular flexibility index (Phi) is 6.67. The molecule has 1 saturated heterocycles. The lowest BCUT2D eigenvalue weighted by Gasteiger charge is -2.37. The Morgan fingerprint density at radius 2 is 1.74 bits per heavy atom. The third-order valence-corrected chi connectivity index (χ3v) is 7.23. The third-order valence-electron chi connectivity index (χ3n) is 6.35. The first kappa shape index (κ1) is 24.8. The van der Waals surface area contributed by atoms with E-state index in [2.05, 4.69) is 20.1 Å². The minimum absolute atomic E-state index is 0.240. The number of hydrogen-bond acceptors (Lipinski definition) is 7. The summed E-state index contributed by atoms with van der Waals surface area (Å²) < 4.78 is 53.1. The quantitative estimate of drug-likeness (QED) is 0.514. The number of rotatable bonds is 4. The van der Waals surface area contributed by atoms with Gasteiger partial charge in [0.15, 0.2) is 16.6 Å². The molecule has 0 unspecified atom stereocenters. The Balaban J connectivity index is 1.47. The van der Waals surface area contributed by atoms with Gasteiger partial charge in [0.05, 0.1) is 5.69 Å². The summed E-state index contributed by atoms with van der Waals surface area (Å²) in [7, 11) is 1.51. The van der Waals surface area contributed by atoms with Gasteiger partial charge in [-0.2, -0.15) is 13.2 Å². The van der Waals surface area contributed by atoms with Crippen LogP contribution in [-0.2, 0) is 6.18 Å². The number of piperidine rings is 1. The first-order valence-corrected chi connectivity index (χ1v) is 11.7. The van der Waals surface area contributed by atoms with Gasteiger partial charge >= 0.3 is 6.18 Å². The molecule has 4 rings (SSSR count). The molecule has 2 N–H and O–H groups in total. The zero-order valence-corrected chi connectivity index (χ0v) is 20.2. The topological polar surface area (TPSA) is 88.2 Å². The minimum Gasteiger partial charge on any atom is -0.375 e. The minimum atomic E-state index is -4.75. The second-order valence-electron chi connectivity index (χ2n) is 8.49. The fraction of sp³-hybridized carbons (Fsp3) is 0.391. The lowest BCUT2D eigenvalue weighted by molar-refractivity contribution is -0.141. The molecule has 1 aromatic carbocycles. The summed E-state index contributed by atoms with van der Waals surface area (Å²) >= 11 is 0.549. The second-order valence-corrected chi connectivity index (χ2v) is 9.52. The molecule has 0 radical (unpaired) electrons. The highest BCUT2D eigenvalue weighted by Crippen LogP contribution is 2.36. The van der Waals surface area contributed by atoms with E-state index in [0.29, 0.717) is 43.0 Å². The molecule has 3 heterocycles. The lowest BCUT2D eigenvalue weighted by Crippen LogP contribution is -2.46. The predicted octanol–water partition coefficient (Wildman–Crippen LogP) is 4.70. The zero-order chi connectivity index (χ0) is 25.5. The molecular formula is C23H24F4N6OS. The number of thiazole rings is 1. The molecule has 0 spiro atoms. The Bertz CT molecular complexity index is 1240. The fourth-order valence-corrected chi connectivity index (χ4v) is 5.08. The van der Waals surface area contributed by atoms with Gasteiger partial charge in [-0.15, -0.1) is 10.2 Å². The van der Waals surface area contributed by atoms with Crippen LogP contribution in [0.15, 0.2) is 24.3 Å². The summed E-state index contributed by atoms with van der Waals surface area (Å²) in [5.74, 6) is -0.344. The molecule has 35 heavy (non-hydrogen) atoms. The van der Waals surface area contributed by atoms with Gasteiger partial charge in [-0.1, -0.05) is 11.3 Å². The molecule has 0 bridgehead atoms. The van der Waals surface area contributed by atoms with Crippen LogP contribution in [-0.4, -0.2) is 52.2 Å². The zero-order valence-electron chi connectivity index (χ0n) is 19.4. The molecule has 0 saturated carbocycles. The summed E-state index contributed by atoms with van der Waals surface area (Å²) in [5, 5.41) is 8.49. The van der Waals surface area contributed by atoms with Gasteiger partial charge in [0.25, 0.3) is 5.91 Å². The van der Waals surface area contributed by atoms with Crippen LogP contribution in [0.1, 0.15) is 39.3 Å². The van der Waals surface area contributed by atoms with E-state index in [1.54, 1.807) is 12.1 Å². The van der Waals surface area contributed by atoms with Crippen molar-refractivity contribution < 1.29 is 22.4 Å². The van der Waals surface area contributed by atoms with Crippen LogP contribution >= 0.6 is 11.3 Å². The molecule has 1 fully saturated rings. The van der Waals surface area contributed by atoms with Gasteiger partial charge in [0.2, 0.25) is 0 Å². The average Bonchev–Trinajstić information content (AvgIpc) is 3.23. The monoisotopic (exact) mass is 508 g/mol. The van der Waals surface area contributed by atoms with Crippen molar-refractivity contribution in [2.75, 3.05) is 30.8 Å². The van der Waals surface area contributed by atoms with Gasteiger partial charge in [-0.25, -0.2) is 9.37 Å². The summed E-state index contributed by atoms with van der Waals surface area (Å²) in [6.45, 7) is 5.00. The van der Waals surface area contributed by atoms with Crippen LogP contribution in [0.2, 0.25) is 0 Å². The molecule has 0 aliphatic carbocycles. The third kappa shape index (κ3) is 4.93. The Hall–Kier alpha value is -3.28. The number of nitrogens with zero attached hydrogens (tertiary/aromatic N) is 5. The molecular weight excluding hydrogens is 484 g/mol. The summed E-state index contributed by atoms with van der Waals surface area (Å²) in [5.41, 5.74) is 7.54. The largest absolute Gasteiger partial charge is 0.435 e. The first-order chi connectivity index (χ1) is 16.5.